The number of pyridine rings is 1. The first kappa shape index (κ1) is 9.44. The van der Waals surface area contributed by atoms with E-state index >= 15 is 0 Å². The first-order valence-electron chi connectivity index (χ1n) is 3.71. The predicted molar refractivity (Wildman–Crippen MR) is 43.5 cm³/mol. The summed E-state index contributed by atoms with van der Waals surface area (Å²) in [5.74, 6) is -0.583. The number of carbonyl (C=O) groups is 1. The van der Waals surface area contributed by atoms with Crippen molar-refractivity contribution in [2.24, 2.45) is 5.73 Å². The van der Waals surface area contributed by atoms with E-state index in [2.05, 4.69) is 4.98 Å². The van der Waals surface area contributed by atoms with Gasteiger partial charge in [0.15, 0.2) is 0 Å². The van der Waals surface area contributed by atoms with Crippen LogP contribution in [0.25, 0.3) is 0 Å². The van der Waals surface area contributed by atoms with E-state index in [9.17, 15) is 9.18 Å². The fraction of sp³-hybridized carbons (Fsp3) is 0.250. The van der Waals surface area contributed by atoms with Gasteiger partial charge in [-0.05, 0) is 12.1 Å². The molecule has 1 amide bonds. The molecule has 2 N–H and O–H groups in total. The Kier molecular flexibility index (Phi) is 3.19. The van der Waals surface area contributed by atoms with E-state index < -0.39 is 11.9 Å². The van der Waals surface area contributed by atoms with Crippen LogP contribution in [0.15, 0.2) is 18.3 Å². The zero-order valence-electron chi connectivity index (χ0n) is 6.87. The van der Waals surface area contributed by atoms with Crippen LogP contribution in [0.3, 0.4) is 0 Å². The fourth-order valence-electron chi connectivity index (χ4n) is 0.717. The Morgan fingerprint density at radius 1 is 1.62 bits per heavy atom. The normalized spacial score (nSPS) is 9.62. The molecule has 1 aromatic heterocycles. The van der Waals surface area contributed by atoms with Crippen LogP contribution < -0.4 is 10.5 Å². The summed E-state index contributed by atoms with van der Waals surface area (Å²) in [6.45, 7) is 0.183. The third-order valence-corrected chi connectivity index (χ3v) is 1.32. The molecule has 0 saturated carbocycles. The Balaban J connectivity index is 2.37. The van der Waals surface area contributed by atoms with Crippen molar-refractivity contribution in [1.29, 1.82) is 0 Å². The smallest absolute Gasteiger partial charge is 0.220 e. The lowest BCUT2D eigenvalue weighted by molar-refractivity contribution is -0.118. The molecule has 13 heavy (non-hydrogen) atoms. The lowest BCUT2D eigenvalue weighted by Crippen LogP contribution is -2.14. The van der Waals surface area contributed by atoms with E-state index in [4.69, 9.17) is 10.5 Å². The van der Waals surface area contributed by atoms with Gasteiger partial charge in [0, 0.05) is 0 Å². The molecule has 1 heterocycles. The topological polar surface area (TPSA) is 65.2 Å². The number of carbonyl (C=O) groups excluding carboxylic acids is 1. The lowest BCUT2D eigenvalue weighted by atomic mass is 10.4. The highest BCUT2D eigenvalue weighted by molar-refractivity contribution is 5.73. The molecule has 0 aliphatic carbocycles. The zero-order chi connectivity index (χ0) is 9.68. The summed E-state index contributed by atoms with van der Waals surface area (Å²) in [6, 6.07) is 2.61. The molecule has 0 spiro atoms. The minimum absolute atomic E-state index is 0.136. The predicted octanol–water partition coefficient (Wildman–Crippen LogP) is 0.475. The summed E-state index contributed by atoms with van der Waals surface area (Å²) in [4.78, 5) is 13.7. The number of primary amides is 1. The number of hydrogen-bond donors (Lipinski definition) is 1. The molecule has 0 saturated heterocycles. The maximum Gasteiger partial charge on any atom is 0.220 e. The first-order valence-corrected chi connectivity index (χ1v) is 3.71. The van der Waals surface area contributed by atoms with E-state index in [0.29, 0.717) is 5.75 Å². The Morgan fingerprint density at radius 2 is 2.38 bits per heavy atom. The summed E-state index contributed by atoms with van der Waals surface area (Å²) in [5.41, 5.74) is 4.89. The van der Waals surface area contributed by atoms with Crippen molar-refractivity contribution in [2.75, 3.05) is 6.61 Å². The third kappa shape index (κ3) is 3.50. The van der Waals surface area contributed by atoms with Crippen LogP contribution in [0.5, 0.6) is 5.75 Å². The lowest BCUT2D eigenvalue weighted by Gasteiger charge is -2.02. The van der Waals surface area contributed by atoms with Gasteiger partial charge in [-0.1, -0.05) is 0 Å². The molecule has 4 nitrogen and oxygen atoms in total. The van der Waals surface area contributed by atoms with Crippen molar-refractivity contribution in [3.05, 3.63) is 24.3 Å². The van der Waals surface area contributed by atoms with Gasteiger partial charge in [-0.25, -0.2) is 4.98 Å². The molecule has 1 rings (SSSR count). The van der Waals surface area contributed by atoms with Gasteiger partial charge in [0.25, 0.3) is 0 Å². The highest BCUT2D eigenvalue weighted by Gasteiger charge is 1.97. The van der Waals surface area contributed by atoms with Crippen LogP contribution in [-0.4, -0.2) is 17.5 Å². The second-order valence-electron chi connectivity index (χ2n) is 2.38. The van der Waals surface area contributed by atoms with Gasteiger partial charge in [0.2, 0.25) is 11.9 Å². The number of amides is 1. The average Bonchev–Trinajstić information content (AvgIpc) is 2.08. The van der Waals surface area contributed by atoms with Crippen LogP contribution in [-0.2, 0) is 4.79 Å². The van der Waals surface area contributed by atoms with Crippen molar-refractivity contribution >= 4 is 5.91 Å². The van der Waals surface area contributed by atoms with Gasteiger partial charge in [-0.3, -0.25) is 4.79 Å². The van der Waals surface area contributed by atoms with Gasteiger partial charge >= 0.3 is 0 Å². The van der Waals surface area contributed by atoms with Gasteiger partial charge in [-0.2, -0.15) is 4.39 Å². The van der Waals surface area contributed by atoms with Crippen LogP contribution in [0, 0.1) is 5.95 Å². The van der Waals surface area contributed by atoms with Crippen molar-refractivity contribution < 1.29 is 13.9 Å². The molecule has 0 radical (unpaired) electrons. The number of aromatic nitrogens is 1. The monoisotopic (exact) mass is 184 g/mol. The van der Waals surface area contributed by atoms with E-state index in [1.54, 1.807) is 0 Å². The van der Waals surface area contributed by atoms with E-state index in [-0.39, 0.29) is 13.0 Å². The molecule has 0 aromatic carbocycles. The highest BCUT2D eigenvalue weighted by atomic mass is 19.1. The number of ether oxygens (including phenoxy) is 1. The number of nitrogens with zero attached hydrogens (tertiary/aromatic N) is 1. The van der Waals surface area contributed by atoms with Crippen LogP contribution in [0.2, 0.25) is 0 Å². The Bertz CT molecular complexity index is 287. The zero-order valence-corrected chi connectivity index (χ0v) is 6.87. The molecule has 1 aromatic rings. The standard InChI is InChI=1S/C8H9FN2O2/c9-7-2-1-6(5-11-7)13-4-3-8(10)12/h1-2,5H,3-4H2,(H2,10,12). The highest BCUT2D eigenvalue weighted by Crippen LogP contribution is 2.07. The molecule has 0 aliphatic rings. The van der Waals surface area contributed by atoms with Crippen molar-refractivity contribution in [2.45, 2.75) is 6.42 Å². The summed E-state index contributed by atoms with van der Waals surface area (Å²) >= 11 is 0. The molecule has 0 fully saturated rings. The number of halogens is 1. The maximum atomic E-state index is 12.3. The molecular weight excluding hydrogens is 175 g/mol. The SMILES string of the molecule is NC(=O)CCOc1ccc(F)nc1. The molecule has 0 atom stereocenters. The Labute approximate surface area is 74.5 Å². The summed E-state index contributed by atoms with van der Waals surface area (Å²) in [6.07, 6.45) is 1.38. The fourth-order valence-corrected chi connectivity index (χ4v) is 0.717. The molecule has 5 heteroatoms. The van der Waals surface area contributed by atoms with Crippen molar-refractivity contribution in [3.63, 3.8) is 0 Å². The third-order valence-electron chi connectivity index (χ3n) is 1.32. The van der Waals surface area contributed by atoms with Crippen LogP contribution in [0.1, 0.15) is 6.42 Å². The second-order valence-corrected chi connectivity index (χ2v) is 2.38. The minimum Gasteiger partial charge on any atom is -0.491 e. The number of nitrogens with two attached hydrogens (primary N) is 1. The number of hydrogen-bond acceptors (Lipinski definition) is 3. The van der Waals surface area contributed by atoms with Crippen molar-refractivity contribution in [1.82, 2.24) is 4.98 Å². The number of rotatable bonds is 4. The van der Waals surface area contributed by atoms with E-state index in [0.717, 1.165) is 0 Å². The van der Waals surface area contributed by atoms with Gasteiger partial charge in [-0.15, -0.1) is 0 Å². The van der Waals surface area contributed by atoms with Crippen LogP contribution in [0.4, 0.5) is 4.39 Å². The molecule has 0 aliphatic heterocycles. The molecule has 0 unspecified atom stereocenters. The van der Waals surface area contributed by atoms with E-state index in [1.165, 1.54) is 18.3 Å². The van der Waals surface area contributed by atoms with Gasteiger partial charge in [0.1, 0.15) is 5.75 Å². The largest absolute Gasteiger partial charge is 0.491 e. The maximum absolute atomic E-state index is 12.3. The average molecular weight is 184 g/mol. The molecule has 70 valence electrons. The summed E-state index contributed by atoms with van der Waals surface area (Å²) in [7, 11) is 0. The summed E-state index contributed by atoms with van der Waals surface area (Å²) in [5, 5.41) is 0. The Morgan fingerprint density at radius 3 is 2.92 bits per heavy atom. The molecular formula is C8H9FN2O2. The minimum atomic E-state index is -0.567. The van der Waals surface area contributed by atoms with Crippen molar-refractivity contribution in [3.8, 4) is 5.75 Å². The summed E-state index contributed by atoms with van der Waals surface area (Å²) < 4.78 is 17.3. The van der Waals surface area contributed by atoms with Gasteiger partial charge < -0.3 is 10.5 Å². The van der Waals surface area contributed by atoms with E-state index in [1.807, 2.05) is 0 Å². The quantitative estimate of drug-likeness (QED) is 0.692. The second kappa shape index (κ2) is 4.39. The Hall–Kier alpha value is -1.65. The van der Waals surface area contributed by atoms with Crippen LogP contribution >= 0.6 is 0 Å². The van der Waals surface area contributed by atoms with Gasteiger partial charge in [0.05, 0.1) is 19.2 Å². The first-order chi connectivity index (χ1) is 6.18. The molecule has 0 bridgehead atoms.